The van der Waals surface area contributed by atoms with Gasteiger partial charge in [-0.05, 0) is 24.0 Å². The molecule has 4 rings (SSSR count). The molecule has 4 nitrogen and oxygen atoms in total. The molecule has 0 radical (unpaired) electrons. The first-order chi connectivity index (χ1) is 10.2. The Morgan fingerprint density at radius 1 is 1.33 bits per heavy atom. The number of rotatable bonds is 3. The minimum Gasteiger partial charge on any atom is -0.390 e. The number of nitrogens with one attached hydrogen (secondary N) is 1. The Morgan fingerprint density at radius 2 is 2.14 bits per heavy atom. The molecule has 108 valence electrons. The number of aliphatic hydroxyl groups excluding tert-OH is 1. The average molecular weight is 300 g/mol. The summed E-state index contributed by atoms with van der Waals surface area (Å²) in [5.74, 6) is 0.345. The Labute approximate surface area is 126 Å². The second-order valence-corrected chi connectivity index (χ2v) is 6.62. The van der Waals surface area contributed by atoms with Crippen LogP contribution < -0.4 is 5.32 Å². The third-order valence-electron chi connectivity index (χ3n) is 4.26. The first-order valence-corrected chi connectivity index (χ1v) is 8.12. The lowest BCUT2D eigenvalue weighted by molar-refractivity contribution is 0.0861. The molecule has 2 N–H and O–H groups in total. The quantitative estimate of drug-likeness (QED) is 0.915. The van der Waals surface area contributed by atoms with Crippen LogP contribution in [-0.4, -0.2) is 22.1 Å². The van der Waals surface area contributed by atoms with E-state index in [0.29, 0.717) is 17.2 Å². The van der Waals surface area contributed by atoms with E-state index in [2.05, 4.69) is 10.3 Å². The van der Waals surface area contributed by atoms with Gasteiger partial charge in [-0.1, -0.05) is 24.3 Å². The van der Waals surface area contributed by atoms with Gasteiger partial charge < -0.3 is 10.4 Å². The summed E-state index contributed by atoms with van der Waals surface area (Å²) >= 11 is 1.39. The molecule has 0 bridgehead atoms. The minimum absolute atomic E-state index is 0.111. The highest BCUT2D eigenvalue weighted by atomic mass is 32.1. The molecule has 2 atom stereocenters. The molecule has 0 spiro atoms. The molecule has 2 aliphatic rings. The second-order valence-electron chi connectivity index (χ2n) is 5.76. The summed E-state index contributed by atoms with van der Waals surface area (Å²) in [6.07, 6.45) is 2.29. The van der Waals surface area contributed by atoms with Crippen LogP contribution in [-0.2, 0) is 6.42 Å². The molecular weight excluding hydrogens is 284 g/mol. The van der Waals surface area contributed by atoms with E-state index >= 15 is 0 Å². The van der Waals surface area contributed by atoms with Crippen molar-refractivity contribution in [2.24, 2.45) is 0 Å². The van der Waals surface area contributed by atoms with E-state index in [-0.39, 0.29) is 11.9 Å². The normalized spacial score (nSPS) is 23.9. The zero-order valence-electron chi connectivity index (χ0n) is 11.5. The molecule has 0 aliphatic heterocycles. The van der Waals surface area contributed by atoms with Crippen molar-refractivity contribution in [1.82, 2.24) is 10.3 Å². The lowest BCUT2D eigenvalue weighted by Crippen LogP contribution is -2.33. The van der Waals surface area contributed by atoms with Gasteiger partial charge in [0.2, 0.25) is 0 Å². The van der Waals surface area contributed by atoms with Crippen molar-refractivity contribution in [2.45, 2.75) is 37.3 Å². The Balaban J connectivity index is 1.58. The van der Waals surface area contributed by atoms with E-state index in [9.17, 15) is 9.90 Å². The topological polar surface area (TPSA) is 62.2 Å². The fourth-order valence-corrected chi connectivity index (χ4v) is 3.80. The molecule has 2 aromatic rings. The Kier molecular flexibility index (Phi) is 3.05. The Hall–Kier alpha value is -1.72. The predicted molar refractivity (Wildman–Crippen MR) is 80.4 cm³/mol. The molecule has 0 saturated heterocycles. The first-order valence-electron chi connectivity index (χ1n) is 7.24. The summed E-state index contributed by atoms with van der Waals surface area (Å²) in [5, 5.41) is 13.2. The largest absolute Gasteiger partial charge is 0.390 e. The van der Waals surface area contributed by atoms with Gasteiger partial charge in [0.1, 0.15) is 4.88 Å². The van der Waals surface area contributed by atoms with Gasteiger partial charge in [-0.15, -0.1) is 11.3 Å². The highest BCUT2D eigenvalue weighted by molar-refractivity contribution is 7.11. The van der Waals surface area contributed by atoms with Gasteiger partial charge in [-0.3, -0.25) is 4.79 Å². The van der Waals surface area contributed by atoms with Crippen LogP contribution >= 0.6 is 11.3 Å². The summed E-state index contributed by atoms with van der Waals surface area (Å²) < 4.78 is 0. The third-order valence-corrected chi connectivity index (χ3v) is 5.10. The number of hydrogen-bond donors (Lipinski definition) is 2. The van der Waals surface area contributed by atoms with Crippen molar-refractivity contribution < 1.29 is 9.90 Å². The van der Waals surface area contributed by atoms with Crippen LogP contribution in [0.25, 0.3) is 0 Å². The summed E-state index contributed by atoms with van der Waals surface area (Å²) in [7, 11) is 0. The predicted octanol–water partition coefficient (Wildman–Crippen LogP) is 2.41. The number of carbonyl (C=O) groups excluding carboxylic acids is 1. The van der Waals surface area contributed by atoms with Crippen molar-refractivity contribution >= 4 is 17.2 Å². The van der Waals surface area contributed by atoms with Crippen LogP contribution in [0.15, 0.2) is 29.8 Å². The molecule has 0 unspecified atom stereocenters. The number of aliphatic hydroxyl groups is 1. The zero-order chi connectivity index (χ0) is 14.4. The summed E-state index contributed by atoms with van der Waals surface area (Å²) in [6.45, 7) is 0. The number of thiazole rings is 1. The molecule has 21 heavy (non-hydrogen) atoms. The van der Waals surface area contributed by atoms with Gasteiger partial charge in [-0.25, -0.2) is 4.98 Å². The minimum atomic E-state index is -0.552. The summed E-state index contributed by atoms with van der Waals surface area (Å²) in [6, 6.07) is 7.57. The molecule has 1 saturated carbocycles. The van der Waals surface area contributed by atoms with E-state index < -0.39 is 6.10 Å². The summed E-state index contributed by atoms with van der Waals surface area (Å²) in [4.78, 5) is 17.6. The average Bonchev–Trinajstić information content (AvgIpc) is 3.13. The summed E-state index contributed by atoms with van der Waals surface area (Å²) in [5.41, 5.74) is 4.80. The molecular formula is C16H16N2O2S. The number of amides is 1. The number of benzene rings is 1. The highest BCUT2D eigenvalue weighted by Gasteiger charge is 2.35. The van der Waals surface area contributed by atoms with E-state index in [1.807, 2.05) is 24.3 Å². The van der Waals surface area contributed by atoms with Crippen LogP contribution in [0.5, 0.6) is 0 Å². The van der Waals surface area contributed by atoms with Crippen molar-refractivity contribution in [1.29, 1.82) is 0 Å². The second kappa shape index (κ2) is 4.93. The lowest BCUT2D eigenvalue weighted by atomic mass is 10.1. The van der Waals surface area contributed by atoms with Gasteiger partial charge in [0, 0.05) is 12.3 Å². The first kappa shape index (κ1) is 13.0. The Morgan fingerprint density at radius 3 is 2.95 bits per heavy atom. The van der Waals surface area contributed by atoms with E-state index in [0.717, 1.165) is 29.7 Å². The van der Waals surface area contributed by atoms with Gasteiger partial charge in [0.25, 0.3) is 5.91 Å². The van der Waals surface area contributed by atoms with Crippen molar-refractivity contribution in [3.05, 3.63) is 51.5 Å². The number of hydrogen-bond acceptors (Lipinski definition) is 4. The highest BCUT2D eigenvalue weighted by Crippen LogP contribution is 2.42. The third kappa shape index (κ3) is 2.26. The van der Waals surface area contributed by atoms with Gasteiger partial charge in [0.05, 0.1) is 23.4 Å². The molecule has 1 aromatic heterocycles. The SMILES string of the molecule is O=C(N[C@H]1c2ccccc2C[C@H]1O)c1scnc1C1CC1. The molecule has 1 fully saturated rings. The number of carbonyl (C=O) groups is 1. The van der Waals surface area contributed by atoms with E-state index in [4.69, 9.17) is 0 Å². The van der Waals surface area contributed by atoms with Gasteiger partial charge in [-0.2, -0.15) is 0 Å². The van der Waals surface area contributed by atoms with Gasteiger partial charge >= 0.3 is 0 Å². The standard InChI is InChI=1S/C16H16N2O2S/c19-12-7-10-3-1-2-4-11(10)14(12)18-16(20)15-13(9-5-6-9)17-8-21-15/h1-4,8-9,12,14,19H,5-7H2,(H,18,20)/t12-,14+/m1/s1. The van der Waals surface area contributed by atoms with Gasteiger partial charge in [0.15, 0.2) is 0 Å². The van der Waals surface area contributed by atoms with Crippen LogP contribution in [0.1, 0.15) is 51.3 Å². The number of nitrogens with zero attached hydrogens (tertiary/aromatic N) is 1. The number of aromatic nitrogens is 1. The molecule has 1 amide bonds. The van der Waals surface area contributed by atoms with Crippen LogP contribution in [0.4, 0.5) is 0 Å². The monoisotopic (exact) mass is 300 g/mol. The fourth-order valence-electron chi connectivity index (χ4n) is 3.03. The molecule has 1 heterocycles. The molecule has 5 heteroatoms. The zero-order valence-corrected chi connectivity index (χ0v) is 12.3. The van der Waals surface area contributed by atoms with E-state index in [1.165, 1.54) is 11.3 Å². The van der Waals surface area contributed by atoms with Crippen LogP contribution in [0.3, 0.4) is 0 Å². The lowest BCUT2D eigenvalue weighted by Gasteiger charge is -2.17. The maximum atomic E-state index is 12.5. The number of fused-ring (bicyclic) bond motifs is 1. The van der Waals surface area contributed by atoms with Crippen LogP contribution in [0.2, 0.25) is 0 Å². The van der Waals surface area contributed by atoms with Crippen molar-refractivity contribution in [2.75, 3.05) is 0 Å². The van der Waals surface area contributed by atoms with Crippen molar-refractivity contribution in [3.8, 4) is 0 Å². The molecule has 1 aromatic carbocycles. The van der Waals surface area contributed by atoms with E-state index in [1.54, 1.807) is 5.51 Å². The van der Waals surface area contributed by atoms with Crippen LogP contribution in [0, 0.1) is 0 Å². The van der Waals surface area contributed by atoms with Crippen molar-refractivity contribution in [3.63, 3.8) is 0 Å². The maximum absolute atomic E-state index is 12.5. The smallest absolute Gasteiger partial charge is 0.263 e. The maximum Gasteiger partial charge on any atom is 0.263 e. The Bertz CT molecular complexity index is 693. The fraction of sp³-hybridized carbons (Fsp3) is 0.375. The molecule has 2 aliphatic carbocycles.